The zero-order chi connectivity index (χ0) is 15.8. The molecule has 2 N–H and O–H groups in total. The van der Waals surface area contributed by atoms with Crippen molar-refractivity contribution in [2.24, 2.45) is 5.92 Å². The second-order valence-electron chi connectivity index (χ2n) is 6.26. The molecule has 6 heteroatoms. The van der Waals surface area contributed by atoms with E-state index in [1.165, 1.54) is 5.56 Å². The largest absolute Gasteiger partial charge is 0.354 e. The van der Waals surface area contributed by atoms with E-state index in [9.17, 15) is 4.79 Å². The summed E-state index contributed by atoms with van der Waals surface area (Å²) in [7, 11) is 0. The first kappa shape index (κ1) is 23.2. The monoisotopic (exact) mass is 375 g/mol. The van der Waals surface area contributed by atoms with Gasteiger partial charge in [-0.1, -0.05) is 37.3 Å². The number of nitrogens with one attached hydrogen (secondary N) is 2. The van der Waals surface area contributed by atoms with Crippen LogP contribution < -0.4 is 10.6 Å². The minimum Gasteiger partial charge on any atom is -0.354 e. The highest BCUT2D eigenvalue weighted by molar-refractivity contribution is 5.85. The SMILES string of the molecule is CCN[C@H](C)CNC(=O)C1CCCN(Cc2ccccc2)C1.Cl.Cl. The molecule has 2 rings (SSSR count). The zero-order valence-corrected chi connectivity index (χ0v) is 16.3. The fraction of sp³-hybridized carbons (Fsp3) is 0.611. The summed E-state index contributed by atoms with van der Waals surface area (Å²) in [5.74, 6) is 0.341. The molecule has 0 aromatic heterocycles. The van der Waals surface area contributed by atoms with Gasteiger partial charge in [0.15, 0.2) is 0 Å². The molecule has 1 aliphatic heterocycles. The van der Waals surface area contributed by atoms with Crippen molar-refractivity contribution >= 4 is 30.7 Å². The molecule has 4 nitrogen and oxygen atoms in total. The van der Waals surface area contributed by atoms with Gasteiger partial charge >= 0.3 is 0 Å². The van der Waals surface area contributed by atoms with Gasteiger partial charge in [-0.25, -0.2) is 0 Å². The summed E-state index contributed by atoms with van der Waals surface area (Å²) < 4.78 is 0. The summed E-state index contributed by atoms with van der Waals surface area (Å²) in [6.45, 7) is 8.74. The number of halogens is 2. The van der Waals surface area contributed by atoms with Crippen molar-refractivity contribution in [3.63, 3.8) is 0 Å². The molecule has 0 saturated carbocycles. The lowest BCUT2D eigenvalue weighted by atomic mass is 9.96. The number of amides is 1. The van der Waals surface area contributed by atoms with Crippen molar-refractivity contribution in [2.45, 2.75) is 39.3 Å². The quantitative estimate of drug-likeness (QED) is 0.769. The molecule has 1 aromatic rings. The maximum atomic E-state index is 12.3. The average molecular weight is 376 g/mol. The van der Waals surface area contributed by atoms with Crippen LogP contribution in [0.5, 0.6) is 0 Å². The smallest absolute Gasteiger partial charge is 0.224 e. The minimum absolute atomic E-state index is 0. The van der Waals surface area contributed by atoms with E-state index in [0.717, 1.165) is 39.0 Å². The molecule has 1 amide bonds. The van der Waals surface area contributed by atoms with E-state index in [-0.39, 0.29) is 36.6 Å². The summed E-state index contributed by atoms with van der Waals surface area (Å²) in [6, 6.07) is 10.8. The Morgan fingerprint density at radius 3 is 2.67 bits per heavy atom. The average Bonchev–Trinajstić information content (AvgIpc) is 2.54. The Morgan fingerprint density at radius 2 is 2.00 bits per heavy atom. The predicted molar refractivity (Wildman–Crippen MR) is 105 cm³/mol. The van der Waals surface area contributed by atoms with E-state index in [1.807, 2.05) is 6.07 Å². The molecule has 0 spiro atoms. The van der Waals surface area contributed by atoms with E-state index in [4.69, 9.17) is 0 Å². The summed E-state index contributed by atoms with van der Waals surface area (Å²) in [6.07, 6.45) is 2.11. The molecule has 138 valence electrons. The Bertz CT molecular complexity index is 459. The van der Waals surface area contributed by atoms with Crippen molar-refractivity contribution in [3.8, 4) is 0 Å². The second-order valence-corrected chi connectivity index (χ2v) is 6.26. The van der Waals surface area contributed by atoms with Gasteiger partial charge < -0.3 is 10.6 Å². The van der Waals surface area contributed by atoms with E-state index >= 15 is 0 Å². The number of likely N-dealkylation sites (N-methyl/N-ethyl adjacent to an activating group) is 1. The maximum absolute atomic E-state index is 12.3. The highest BCUT2D eigenvalue weighted by Crippen LogP contribution is 2.18. The number of rotatable bonds is 7. The van der Waals surface area contributed by atoms with Crippen LogP contribution in [0.2, 0.25) is 0 Å². The Labute approximate surface area is 158 Å². The van der Waals surface area contributed by atoms with Crippen LogP contribution in [0.3, 0.4) is 0 Å². The molecule has 1 heterocycles. The summed E-state index contributed by atoms with van der Waals surface area (Å²) in [5, 5.41) is 6.41. The first-order valence-corrected chi connectivity index (χ1v) is 8.46. The van der Waals surface area contributed by atoms with E-state index in [0.29, 0.717) is 12.6 Å². The number of piperidine rings is 1. The number of hydrogen-bond donors (Lipinski definition) is 2. The van der Waals surface area contributed by atoms with Gasteiger partial charge in [0.1, 0.15) is 0 Å². The molecular formula is C18H31Cl2N3O. The van der Waals surface area contributed by atoms with Gasteiger partial charge in [0.25, 0.3) is 0 Å². The predicted octanol–water partition coefficient (Wildman–Crippen LogP) is 2.86. The van der Waals surface area contributed by atoms with Gasteiger partial charge in [0, 0.05) is 25.7 Å². The van der Waals surface area contributed by atoms with Crippen molar-refractivity contribution in [1.82, 2.24) is 15.5 Å². The van der Waals surface area contributed by atoms with Crippen LogP contribution in [0.1, 0.15) is 32.3 Å². The standard InChI is InChI=1S/C18H29N3O.2ClH/c1-3-19-15(2)12-20-18(22)17-10-7-11-21(14-17)13-16-8-5-4-6-9-16;;/h4-6,8-9,15,17,19H,3,7,10-14H2,1-2H3,(H,20,22);2*1H/t15-,17?;;/m1../s1. The number of benzene rings is 1. The Morgan fingerprint density at radius 1 is 1.29 bits per heavy atom. The normalized spacial score (nSPS) is 18.8. The summed E-state index contributed by atoms with van der Waals surface area (Å²) >= 11 is 0. The third kappa shape index (κ3) is 7.84. The first-order valence-electron chi connectivity index (χ1n) is 8.46. The lowest BCUT2D eigenvalue weighted by Gasteiger charge is -2.32. The molecule has 0 radical (unpaired) electrons. The fourth-order valence-electron chi connectivity index (χ4n) is 3.07. The van der Waals surface area contributed by atoms with Crippen LogP contribution in [-0.4, -0.2) is 43.0 Å². The van der Waals surface area contributed by atoms with Crippen LogP contribution >= 0.6 is 24.8 Å². The molecule has 1 fully saturated rings. The summed E-state index contributed by atoms with van der Waals surface area (Å²) in [4.78, 5) is 14.7. The number of carbonyl (C=O) groups excluding carboxylic acids is 1. The highest BCUT2D eigenvalue weighted by Gasteiger charge is 2.25. The van der Waals surface area contributed by atoms with Gasteiger partial charge in [-0.3, -0.25) is 9.69 Å². The zero-order valence-electron chi connectivity index (χ0n) is 14.7. The summed E-state index contributed by atoms with van der Waals surface area (Å²) in [5.41, 5.74) is 1.32. The molecule has 0 bridgehead atoms. The first-order chi connectivity index (χ1) is 10.7. The van der Waals surface area contributed by atoms with E-state index in [2.05, 4.69) is 53.6 Å². The molecule has 1 aromatic carbocycles. The highest BCUT2D eigenvalue weighted by atomic mass is 35.5. The van der Waals surface area contributed by atoms with Crippen LogP contribution in [0.4, 0.5) is 0 Å². The molecule has 24 heavy (non-hydrogen) atoms. The van der Waals surface area contributed by atoms with Crippen molar-refractivity contribution in [3.05, 3.63) is 35.9 Å². The van der Waals surface area contributed by atoms with Gasteiger partial charge in [0.05, 0.1) is 5.92 Å². The second kappa shape index (κ2) is 12.5. The minimum atomic E-state index is 0. The van der Waals surface area contributed by atoms with Gasteiger partial charge in [-0.2, -0.15) is 0 Å². The van der Waals surface area contributed by atoms with Gasteiger partial charge in [0.2, 0.25) is 5.91 Å². The van der Waals surface area contributed by atoms with Crippen LogP contribution in [0.15, 0.2) is 30.3 Å². The third-order valence-electron chi connectivity index (χ3n) is 4.26. The van der Waals surface area contributed by atoms with Crippen molar-refractivity contribution in [2.75, 3.05) is 26.2 Å². The lowest BCUT2D eigenvalue weighted by Crippen LogP contribution is -2.46. The van der Waals surface area contributed by atoms with E-state index in [1.54, 1.807) is 0 Å². The molecular weight excluding hydrogens is 345 g/mol. The molecule has 1 aliphatic rings. The van der Waals surface area contributed by atoms with Crippen LogP contribution in [0, 0.1) is 5.92 Å². The number of carbonyl (C=O) groups is 1. The molecule has 1 saturated heterocycles. The number of hydrogen-bond acceptors (Lipinski definition) is 3. The Balaban J connectivity index is 0.00000264. The van der Waals surface area contributed by atoms with Crippen LogP contribution in [0.25, 0.3) is 0 Å². The number of nitrogens with zero attached hydrogens (tertiary/aromatic N) is 1. The third-order valence-corrected chi connectivity index (χ3v) is 4.26. The van der Waals surface area contributed by atoms with Crippen molar-refractivity contribution < 1.29 is 4.79 Å². The van der Waals surface area contributed by atoms with E-state index < -0.39 is 0 Å². The maximum Gasteiger partial charge on any atom is 0.224 e. The Kier molecular flexibility index (Phi) is 12.1. The topological polar surface area (TPSA) is 44.4 Å². The van der Waals surface area contributed by atoms with Gasteiger partial charge in [-0.15, -0.1) is 24.8 Å². The van der Waals surface area contributed by atoms with Crippen molar-refractivity contribution in [1.29, 1.82) is 0 Å². The lowest BCUT2D eigenvalue weighted by molar-refractivity contribution is -0.126. The fourth-order valence-corrected chi connectivity index (χ4v) is 3.07. The Hall–Kier alpha value is -0.810. The van der Waals surface area contributed by atoms with Gasteiger partial charge in [-0.05, 0) is 38.4 Å². The van der Waals surface area contributed by atoms with Crippen LogP contribution in [-0.2, 0) is 11.3 Å². The molecule has 0 aliphatic carbocycles. The number of likely N-dealkylation sites (tertiary alicyclic amines) is 1. The molecule has 2 atom stereocenters. The molecule has 1 unspecified atom stereocenters.